The molecule has 2 nitrogen and oxygen atoms in total. The molecule has 0 spiro atoms. The first-order chi connectivity index (χ1) is 5.71. The van der Waals surface area contributed by atoms with Crippen molar-refractivity contribution in [2.75, 3.05) is 0 Å². The van der Waals surface area contributed by atoms with Crippen LogP contribution in [-0.2, 0) is 5.54 Å². The van der Waals surface area contributed by atoms with Crippen molar-refractivity contribution in [3.8, 4) is 0 Å². The summed E-state index contributed by atoms with van der Waals surface area (Å²) in [7, 11) is 0. The van der Waals surface area contributed by atoms with Crippen molar-refractivity contribution in [2.24, 2.45) is 11.7 Å². The van der Waals surface area contributed by atoms with Gasteiger partial charge in [-0.05, 0) is 37.3 Å². The Morgan fingerprint density at radius 1 is 1.58 bits per heavy atom. The fourth-order valence-electron chi connectivity index (χ4n) is 1.60. The number of aromatic nitrogens is 1. The molecule has 1 aliphatic carbocycles. The smallest absolute Gasteiger partial charge is 0.0424 e. The minimum absolute atomic E-state index is 0.158. The second kappa shape index (κ2) is 2.56. The fourth-order valence-corrected chi connectivity index (χ4v) is 1.60. The molecule has 64 valence electrons. The first kappa shape index (κ1) is 7.74. The average molecular weight is 162 g/mol. The maximum absolute atomic E-state index is 6.20. The summed E-state index contributed by atoms with van der Waals surface area (Å²) in [5.41, 5.74) is 7.20. The van der Waals surface area contributed by atoms with Crippen LogP contribution in [0.25, 0.3) is 0 Å². The zero-order valence-electron chi connectivity index (χ0n) is 7.33. The van der Waals surface area contributed by atoms with Gasteiger partial charge in [0, 0.05) is 17.9 Å². The average Bonchev–Trinajstić information content (AvgIpc) is 2.88. The Balaban J connectivity index is 2.28. The summed E-state index contributed by atoms with van der Waals surface area (Å²) >= 11 is 0. The third-order valence-electron chi connectivity index (χ3n) is 2.71. The minimum atomic E-state index is -0.158. The third kappa shape index (κ3) is 1.23. The second-order valence-electron chi connectivity index (χ2n) is 3.80. The van der Waals surface area contributed by atoms with Crippen LogP contribution >= 0.6 is 0 Å². The molecule has 1 aromatic rings. The highest BCUT2D eigenvalue weighted by molar-refractivity contribution is 5.22. The lowest BCUT2D eigenvalue weighted by molar-refractivity contribution is 0.426. The molecule has 1 atom stereocenters. The van der Waals surface area contributed by atoms with E-state index in [4.69, 9.17) is 5.73 Å². The van der Waals surface area contributed by atoms with Crippen LogP contribution in [0.3, 0.4) is 0 Å². The summed E-state index contributed by atoms with van der Waals surface area (Å²) in [5.74, 6) is 0.668. The zero-order chi connectivity index (χ0) is 8.60. The summed E-state index contributed by atoms with van der Waals surface area (Å²) in [5, 5.41) is 0. The normalized spacial score (nSPS) is 21.8. The van der Waals surface area contributed by atoms with Gasteiger partial charge in [-0.1, -0.05) is 6.07 Å². The monoisotopic (exact) mass is 162 g/mol. The van der Waals surface area contributed by atoms with Gasteiger partial charge in [-0.3, -0.25) is 4.98 Å². The largest absolute Gasteiger partial charge is 0.321 e. The number of nitrogens with zero attached hydrogens (tertiary/aromatic N) is 1. The molecular formula is C10H14N2. The first-order valence-corrected chi connectivity index (χ1v) is 4.40. The van der Waals surface area contributed by atoms with Crippen molar-refractivity contribution in [3.63, 3.8) is 0 Å². The quantitative estimate of drug-likeness (QED) is 0.718. The Hall–Kier alpha value is -0.890. The number of nitrogens with two attached hydrogens (primary N) is 1. The fraction of sp³-hybridized carbons (Fsp3) is 0.500. The summed E-state index contributed by atoms with van der Waals surface area (Å²) in [4.78, 5) is 4.08. The predicted octanol–water partition coefficient (Wildman–Crippen LogP) is 1.67. The maximum atomic E-state index is 6.20. The predicted molar refractivity (Wildman–Crippen MR) is 48.5 cm³/mol. The van der Waals surface area contributed by atoms with Gasteiger partial charge in [0.15, 0.2) is 0 Å². The highest BCUT2D eigenvalue weighted by Gasteiger charge is 2.39. The summed E-state index contributed by atoms with van der Waals surface area (Å²) in [6.07, 6.45) is 6.19. The van der Waals surface area contributed by atoms with E-state index in [0.717, 1.165) is 5.56 Å². The van der Waals surface area contributed by atoms with Gasteiger partial charge in [-0.2, -0.15) is 0 Å². The van der Waals surface area contributed by atoms with Crippen molar-refractivity contribution in [2.45, 2.75) is 25.3 Å². The van der Waals surface area contributed by atoms with E-state index in [0.29, 0.717) is 5.92 Å². The van der Waals surface area contributed by atoms with Crippen molar-refractivity contribution in [1.82, 2.24) is 4.98 Å². The number of pyridine rings is 1. The van der Waals surface area contributed by atoms with E-state index in [1.165, 1.54) is 12.8 Å². The van der Waals surface area contributed by atoms with Crippen LogP contribution in [0.5, 0.6) is 0 Å². The van der Waals surface area contributed by atoms with E-state index in [2.05, 4.69) is 18.0 Å². The second-order valence-corrected chi connectivity index (χ2v) is 3.80. The van der Waals surface area contributed by atoms with Gasteiger partial charge in [-0.25, -0.2) is 0 Å². The summed E-state index contributed by atoms with van der Waals surface area (Å²) < 4.78 is 0. The van der Waals surface area contributed by atoms with Crippen LogP contribution in [0.4, 0.5) is 0 Å². The molecule has 1 unspecified atom stereocenters. The van der Waals surface area contributed by atoms with Gasteiger partial charge in [0.05, 0.1) is 0 Å². The molecule has 0 radical (unpaired) electrons. The SMILES string of the molecule is CC(N)(c1cccnc1)C1CC1. The third-order valence-corrected chi connectivity index (χ3v) is 2.71. The van der Waals surface area contributed by atoms with Crippen LogP contribution < -0.4 is 5.73 Å². The van der Waals surface area contributed by atoms with Gasteiger partial charge >= 0.3 is 0 Å². The molecule has 0 bridgehead atoms. The highest BCUT2D eigenvalue weighted by atomic mass is 14.8. The Morgan fingerprint density at radius 2 is 2.33 bits per heavy atom. The maximum Gasteiger partial charge on any atom is 0.0424 e. The topological polar surface area (TPSA) is 38.9 Å². The molecule has 12 heavy (non-hydrogen) atoms. The number of rotatable bonds is 2. The van der Waals surface area contributed by atoms with Crippen LogP contribution in [0, 0.1) is 5.92 Å². The minimum Gasteiger partial charge on any atom is -0.321 e. The standard InChI is InChI=1S/C10H14N2/c1-10(11,8-4-5-8)9-3-2-6-12-7-9/h2-3,6-8H,4-5,11H2,1H3. The van der Waals surface area contributed by atoms with Crippen LogP contribution in [0.1, 0.15) is 25.3 Å². The van der Waals surface area contributed by atoms with Crippen molar-refractivity contribution >= 4 is 0 Å². The lowest BCUT2D eigenvalue weighted by atomic mass is 9.89. The first-order valence-electron chi connectivity index (χ1n) is 4.40. The van der Waals surface area contributed by atoms with Crippen LogP contribution in [0.15, 0.2) is 24.5 Å². The Kier molecular flexibility index (Phi) is 1.65. The number of hydrogen-bond donors (Lipinski definition) is 1. The van der Waals surface area contributed by atoms with Gasteiger partial charge < -0.3 is 5.73 Å². The molecule has 0 saturated heterocycles. The van der Waals surface area contributed by atoms with Gasteiger partial charge in [-0.15, -0.1) is 0 Å². The van der Waals surface area contributed by atoms with Gasteiger partial charge in [0.2, 0.25) is 0 Å². The Morgan fingerprint density at radius 3 is 2.83 bits per heavy atom. The molecule has 2 N–H and O–H groups in total. The molecular weight excluding hydrogens is 148 g/mol. The Bertz CT molecular complexity index is 262. The van der Waals surface area contributed by atoms with E-state index < -0.39 is 0 Å². The van der Waals surface area contributed by atoms with E-state index in [9.17, 15) is 0 Å². The molecule has 1 saturated carbocycles. The molecule has 0 amide bonds. The van der Waals surface area contributed by atoms with Crippen LogP contribution in [0.2, 0.25) is 0 Å². The lowest BCUT2D eigenvalue weighted by Gasteiger charge is -2.24. The molecule has 2 heteroatoms. The lowest BCUT2D eigenvalue weighted by Crippen LogP contribution is -2.35. The highest BCUT2D eigenvalue weighted by Crippen LogP contribution is 2.43. The molecule has 1 aromatic heterocycles. The van der Waals surface area contributed by atoms with Crippen LogP contribution in [-0.4, -0.2) is 4.98 Å². The number of hydrogen-bond acceptors (Lipinski definition) is 2. The van der Waals surface area contributed by atoms with E-state index >= 15 is 0 Å². The Labute approximate surface area is 72.8 Å². The molecule has 0 aromatic carbocycles. The van der Waals surface area contributed by atoms with Gasteiger partial charge in [0.1, 0.15) is 0 Å². The molecule has 2 rings (SSSR count). The van der Waals surface area contributed by atoms with Crippen molar-refractivity contribution in [3.05, 3.63) is 30.1 Å². The van der Waals surface area contributed by atoms with Crippen molar-refractivity contribution < 1.29 is 0 Å². The molecule has 1 aliphatic rings. The van der Waals surface area contributed by atoms with E-state index in [1.54, 1.807) is 6.20 Å². The van der Waals surface area contributed by atoms with Gasteiger partial charge in [0.25, 0.3) is 0 Å². The zero-order valence-corrected chi connectivity index (χ0v) is 7.33. The molecule has 1 fully saturated rings. The molecule has 0 aliphatic heterocycles. The van der Waals surface area contributed by atoms with Crippen molar-refractivity contribution in [1.29, 1.82) is 0 Å². The molecule has 1 heterocycles. The van der Waals surface area contributed by atoms with E-state index in [-0.39, 0.29) is 5.54 Å². The van der Waals surface area contributed by atoms with E-state index in [1.807, 2.05) is 12.3 Å². The summed E-state index contributed by atoms with van der Waals surface area (Å²) in [6.45, 7) is 2.10. The summed E-state index contributed by atoms with van der Waals surface area (Å²) in [6, 6.07) is 4.01.